The zero-order valence-electron chi connectivity index (χ0n) is 18.0. The molecule has 0 bridgehead atoms. The predicted octanol–water partition coefficient (Wildman–Crippen LogP) is 6.24. The average molecular weight is 486 g/mol. The standard InChI is InChI=1S/C25H28BrNO4/c1-25(2)30-22-15-20(12-13-21(22)24(29)31-25)27(16-18-7-10-19(26)11-8-18)23(28)14-9-17-5-3-4-6-17/h7-8,10-13,15,17H,3-6,9,14,16H2,1-2H3. The van der Waals surface area contributed by atoms with Crippen LogP contribution in [-0.4, -0.2) is 17.7 Å². The number of carbonyl (C=O) groups excluding carboxylic acids is 2. The van der Waals surface area contributed by atoms with Crippen molar-refractivity contribution in [1.29, 1.82) is 0 Å². The lowest BCUT2D eigenvalue weighted by molar-refractivity contribution is -0.127. The Balaban J connectivity index is 1.60. The van der Waals surface area contributed by atoms with Gasteiger partial charge in [0.1, 0.15) is 11.3 Å². The molecule has 2 aliphatic rings. The van der Waals surface area contributed by atoms with Gasteiger partial charge in [-0.25, -0.2) is 4.79 Å². The van der Waals surface area contributed by atoms with Crippen LogP contribution < -0.4 is 9.64 Å². The first-order valence-corrected chi connectivity index (χ1v) is 11.7. The Labute approximate surface area is 191 Å². The molecule has 1 amide bonds. The molecule has 1 aliphatic carbocycles. The van der Waals surface area contributed by atoms with E-state index in [1.54, 1.807) is 36.9 Å². The van der Waals surface area contributed by atoms with Crippen molar-refractivity contribution in [2.45, 2.75) is 64.7 Å². The third kappa shape index (κ3) is 5.29. The molecule has 2 aromatic rings. The van der Waals surface area contributed by atoms with Gasteiger partial charge in [0.25, 0.3) is 0 Å². The largest absolute Gasteiger partial charge is 0.452 e. The predicted molar refractivity (Wildman–Crippen MR) is 123 cm³/mol. The number of amides is 1. The van der Waals surface area contributed by atoms with Crippen LogP contribution in [0.15, 0.2) is 46.9 Å². The molecular weight excluding hydrogens is 458 g/mol. The summed E-state index contributed by atoms with van der Waals surface area (Å²) in [5, 5.41) is 0. The van der Waals surface area contributed by atoms with Gasteiger partial charge in [-0.3, -0.25) is 4.79 Å². The Hall–Kier alpha value is -2.34. The second-order valence-electron chi connectivity index (χ2n) is 8.87. The highest BCUT2D eigenvalue weighted by Gasteiger charge is 2.34. The van der Waals surface area contributed by atoms with Crippen LogP contribution in [-0.2, 0) is 16.1 Å². The van der Waals surface area contributed by atoms with Crippen molar-refractivity contribution in [2.75, 3.05) is 4.90 Å². The van der Waals surface area contributed by atoms with Gasteiger partial charge in [0.15, 0.2) is 0 Å². The quantitative estimate of drug-likeness (QED) is 0.454. The summed E-state index contributed by atoms with van der Waals surface area (Å²) in [6.45, 7) is 3.86. The Morgan fingerprint density at radius 1 is 1.10 bits per heavy atom. The van der Waals surface area contributed by atoms with E-state index in [-0.39, 0.29) is 5.91 Å². The molecule has 0 unspecified atom stereocenters. The number of carbonyl (C=O) groups is 2. The van der Waals surface area contributed by atoms with E-state index >= 15 is 0 Å². The number of hydrogen-bond donors (Lipinski definition) is 0. The Bertz CT molecular complexity index is 964. The average Bonchev–Trinajstić information content (AvgIpc) is 3.24. The van der Waals surface area contributed by atoms with E-state index in [1.165, 1.54) is 25.7 Å². The molecule has 4 rings (SSSR count). The van der Waals surface area contributed by atoms with E-state index in [1.807, 2.05) is 24.3 Å². The molecular formula is C25H28BrNO4. The fourth-order valence-electron chi connectivity index (χ4n) is 4.35. The van der Waals surface area contributed by atoms with Gasteiger partial charge in [-0.05, 0) is 42.2 Å². The zero-order chi connectivity index (χ0) is 22.0. The molecule has 0 spiro atoms. The zero-order valence-corrected chi connectivity index (χ0v) is 19.6. The minimum Gasteiger partial charge on any atom is -0.452 e. The van der Waals surface area contributed by atoms with Gasteiger partial charge in [-0.15, -0.1) is 0 Å². The van der Waals surface area contributed by atoms with E-state index in [4.69, 9.17) is 9.47 Å². The van der Waals surface area contributed by atoms with Gasteiger partial charge < -0.3 is 14.4 Å². The first-order chi connectivity index (χ1) is 14.8. The van der Waals surface area contributed by atoms with Crippen molar-refractivity contribution in [3.05, 3.63) is 58.1 Å². The summed E-state index contributed by atoms with van der Waals surface area (Å²) in [4.78, 5) is 27.4. The highest BCUT2D eigenvalue weighted by Crippen LogP contribution is 2.35. The fraction of sp³-hybridized carbons (Fsp3) is 0.440. The number of benzene rings is 2. The maximum Gasteiger partial charge on any atom is 0.345 e. The lowest BCUT2D eigenvalue weighted by Crippen LogP contribution is -2.39. The summed E-state index contributed by atoms with van der Waals surface area (Å²) >= 11 is 3.46. The molecule has 5 nitrogen and oxygen atoms in total. The smallest absolute Gasteiger partial charge is 0.345 e. The number of esters is 1. The topological polar surface area (TPSA) is 55.8 Å². The summed E-state index contributed by atoms with van der Waals surface area (Å²) in [6, 6.07) is 13.2. The Morgan fingerprint density at radius 3 is 2.52 bits per heavy atom. The van der Waals surface area contributed by atoms with Crippen LogP contribution in [0.5, 0.6) is 5.75 Å². The fourth-order valence-corrected chi connectivity index (χ4v) is 4.62. The number of rotatable bonds is 6. The molecule has 31 heavy (non-hydrogen) atoms. The molecule has 0 aromatic heterocycles. The van der Waals surface area contributed by atoms with Crippen LogP contribution in [0.2, 0.25) is 0 Å². The monoisotopic (exact) mass is 485 g/mol. The van der Waals surface area contributed by atoms with Crippen LogP contribution in [0, 0.1) is 5.92 Å². The third-order valence-corrected chi connectivity index (χ3v) is 6.52. The minimum atomic E-state index is -1.04. The van der Waals surface area contributed by atoms with Gasteiger partial charge in [-0.1, -0.05) is 53.7 Å². The highest BCUT2D eigenvalue weighted by atomic mass is 79.9. The van der Waals surface area contributed by atoms with Gasteiger partial charge in [-0.2, -0.15) is 0 Å². The molecule has 0 N–H and O–H groups in total. The summed E-state index contributed by atoms with van der Waals surface area (Å²) < 4.78 is 12.2. The van der Waals surface area contributed by atoms with Crippen LogP contribution >= 0.6 is 15.9 Å². The van der Waals surface area contributed by atoms with Crippen LogP contribution in [0.3, 0.4) is 0 Å². The summed E-state index contributed by atoms with van der Waals surface area (Å²) in [5.74, 6) is -0.257. The SMILES string of the molecule is CC1(C)OC(=O)c2ccc(N(Cc3ccc(Br)cc3)C(=O)CCC3CCCC3)cc2O1. The lowest BCUT2D eigenvalue weighted by atomic mass is 10.0. The van der Waals surface area contributed by atoms with Crippen molar-refractivity contribution in [1.82, 2.24) is 0 Å². The second-order valence-corrected chi connectivity index (χ2v) is 9.78. The number of anilines is 1. The van der Waals surface area contributed by atoms with Crippen molar-refractivity contribution in [2.24, 2.45) is 5.92 Å². The van der Waals surface area contributed by atoms with Gasteiger partial charge in [0, 0.05) is 36.5 Å². The Kier molecular flexibility index (Phi) is 6.37. The molecule has 1 heterocycles. The van der Waals surface area contributed by atoms with E-state index in [0.29, 0.717) is 30.2 Å². The van der Waals surface area contributed by atoms with Crippen LogP contribution in [0.1, 0.15) is 68.3 Å². The molecule has 2 aromatic carbocycles. The summed E-state index contributed by atoms with van der Waals surface area (Å²) in [7, 11) is 0. The van der Waals surface area contributed by atoms with E-state index < -0.39 is 11.8 Å². The van der Waals surface area contributed by atoms with E-state index in [9.17, 15) is 9.59 Å². The summed E-state index contributed by atoms with van der Waals surface area (Å²) in [5.41, 5.74) is 2.14. The molecule has 164 valence electrons. The first-order valence-electron chi connectivity index (χ1n) is 10.9. The molecule has 6 heteroatoms. The highest BCUT2D eigenvalue weighted by molar-refractivity contribution is 9.10. The molecule has 0 radical (unpaired) electrons. The maximum absolute atomic E-state index is 13.3. The Morgan fingerprint density at radius 2 is 1.81 bits per heavy atom. The lowest BCUT2D eigenvalue weighted by Gasteiger charge is -2.32. The summed E-state index contributed by atoms with van der Waals surface area (Å²) in [6.07, 6.45) is 6.45. The first kappa shape index (κ1) is 21.9. The molecule has 1 saturated carbocycles. The van der Waals surface area contributed by atoms with Crippen molar-refractivity contribution in [3.63, 3.8) is 0 Å². The van der Waals surface area contributed by atoms with Gasteiger partial charge in [0.05, 0.1) is 6.54 Å². The van der Waals surface area contributed by atoms with Gasteiger partial charge in [0.2, 0.25) is 11.7 Å². The minimum absolute atomic E-state index is 0.0902. The van der Waals surface area contributed by atoms with Gasteiger partial charge >= 0.3 is 5.97 Å². The van der Waals surface area contributed by atoms with Crippen LogP contribution in [0.25, 0.3) is 0 Å². The van der Waals surface area contributed by atoms with E-state index in [0.717, 1.165) is 22.1 Å². The normalized spacial score (nSPS) is 17.6. The molecule has 1 fully saturated rings. The number of halogens is 1. The number of cyclic esters (lactones) is 1. The second kappa shape index (κ2) is 9.03. The maximum atomic E-state index is 13.3. The number of hydrogen-bond acceptors (Lipinski definition) is 4. The number of nitrogens with zero attached hydrogens (tertiary/aromatic N) is 1. The number of fused-ring (bicyclic) bond motifs is 1. The van der Waals surface area contributed by atoms with Crippen molar-refractivity contribution in [3.8, 4) is 5.75 Å². The van der Waals surface area contributed by atoms with Crippen molar-refractivity contribution >= 4 is 33.5 Å². The molecule has 0 saturated heterocycles. The third-order valence-electron chi connectivity index (χ3n) is 5.99. The molecule has 1 aliphatic heterocycles. The van der Waals surface area contributed by atoms with Crippen LogP contribution in [0.4, 0.5) is 5.69 Å². The van der Waals surface area contributed by atoms with E-state index in [2.05, 4.69) is 15.9 Å². The molecule has 0 atom stereocenters. The number of ether oxygens (including phenoxy) is 2. The van der Waals surface area contributed by atoms with Crippen molar-refractivity contribution < 1.29 is 19.1 Å².